The van der Waals surface area contributed by atoms with E-state index >= 15 is 0 Å². The lowest BCUT2D eigenvalue weighted by atomic mass is 9.68. The van der Waals surface area contributed by atoms with E-state index in [0.29, 0.717) is 0 Å². The molecule has 55 heavy (non-hydrogen) atoms. The van der Waals surface area contributed by atoms with Gasteiger partial charge in [-0.1, -0.05) is 123 Å². The molecule has 7 aromatic carbocycles. The molecule has 0 spiro atoms. The summed E-state index contributed by atoms with van der Waals surface area (Å²) >= 11 is 1.98. The molecule has 0 amide bonds. The van der Waals surface area contributed by atoms with E-state index in [0.717, 1.165) is 48.7 Å². The predicted molar refractivity (Wildman–Crippen MR) is 230 cm³/mol. The van der Waals surface area contributed by atoms with Gasteiger partial charge >= 0.3 is 0 Å². The summed E-state index contributed by atoms with van der Waals surface area (Å²) in [6.45, 7) is 9.37. The van der Waals surface area contributed by atoms with Crippen LogP contribution >= 0.6 is 11.3 Å². The number of ether oxygens (including phenoxy) is 2. The zero-order valence-electron chi connectivity index (χ0n) is 31.9. The van der Waals surface area contributed by atoms with Crippen LogP contribution in [0.15, 0.2) is 146 Å². The number of rotatable bonds is 7. The third-order valence-corrected chi connectivity index (χ3v) is 13.9. The van der Waals surface area contributed by atoms with Gasteiger partial charge in [0.1, 0.15) is 23.0 Å². The lowest BCUT2D eigenvalue weighted by Gasteiger charge is -2.38. The Kier molecular flexibility index (Phi) is 8.01. The van der Waals surface area contributed by atoms with E-state index in [1.807, 2.05) is 11.3 Å². The highest BCUT2D eigenvalue weighted by Gasteiger charge is 2.42. The normalized spacial score (nSPS) is 14.7. The Hall–Kier alpha value is -5.64. The molecule has 2 aliphatic heterocycles. The van der Waals surface area contributed by atoms with Crippen LogP contribution in [0.2, 0.25) is 0 Å². The lowest BCUT2D eigenvalue weighted by molar-refractivity contribution is 0.427. The largest absolute Gasteiger partial charge is 0.457 e. The summed E-state index contributed by atoms with van der Waals surface area (Å²) in [5.74, 6) is 3.70. The molecular weight excluding hydrogens is 689 g/mol. The van der Waals surface area contributed by atoms with Crippen molar-refractivity contribution in [3.8, 4) is 34.1 Å². The van der Waals surface area contributed by atoms with Gasteiger partial charge in [-0.05, 0) is 103 Å². The Morgan fingerprint density at radius 3 is 1.44 bits per heavy atom. The van der Waals surface area contributed by atoms with Crippen LogP contribution in [0.25, 0.3) is 31.3 Å². The van der Waals surface area contributed by atoms with Crippen LogP contribution in [-0.2, 0) is 23.7 Å². The molecule has 3 heterocycles. The summed E-state index contributed by atoms with van der Waals surface area (Å²) in [6.07, 6.45) is 4.29. The monoisotopic (exact) mass is 732 g/mol. The van der Waals surface area contributed by atoms with Crippen molar-refractivity contribution >= 4 is 31.5 Å². The lowest BCUT2D eigenvalue weighted by Crippen LogP contribution is -2.29. The first-order valence-corrected chi connectivity index (χ1v) is 20.6. The third kappa shape index (κ3) is 5.06. The summed E-state index contributed by atoms with van der Waals surface area (Å²) in [5.41, 5.74) is 11.9. The average Bonchev–Trinajstić information content (AvgIpc) is 3.61. The minimum Gasteiger partial charge on any atom is -0.457 e. The van der Waals surface area contributed by atoms with Crippen molar-refractivity contribution in [1.29, 1.82) is 0 Å². The van der Waals surface area contributed by atoms with Crippen LogP contribution in [0.3, 0.4) is 0 Å². The number of hydrogen-bond acceptors (Lipinski definition) is 3. The maximum Gasteiger partial charge on any atom is 0.131 e. The van der Waals surface area contributed by atoms with Gasteiger partial charge in [0.2, 0.25) is 0 Å². The van der Waals surface area contributed by atoms with Crippen molar-refractivity contribution in [2.75, 3.05) is 0 Å². The average molecular weight is 733 g/mol. The molecule has 1 aromatic heterocycles. The molecule has 0 saturated carbocycles. The summed E-state index contributed by atoms with van der Waals surface area (Å²) in [4.78, 5) is 0. The second-order valence-electron chi connectivity index (χ2n) is 15.6. The van der Waals surface area contributed by atoms with Crippen LogP contribution in [0.4, 0.5) is 0 Å². The van der Waals surface area contributed by atoms with E-state index in [2.05, 4.69) is 173 Å². The number of para-hydroxylation sites is 4. The fourth-order valence-electron chi connectivity index (χ4n) is 9.50. The fraction of sp³-hybridized carbons (Fsp3) is 0.192. The van der Waals surface area contributed by atoms with Crippen molar-refractivity contribution in [1.82, 2.24) is 0 Å². The van der Waals surface area contributed by atoms with E-state index in [-0.39, 0.29) is 0 Å². The summed E-state index contributed by atoms with van der Waals surface area (Å²) in [5, 5.41) is 2.65. The van der Waals surface area contributed by atoms with Crippen molar-refractivity contribution in [3.63, 3.8) is 0 Å². The van der Waals surface area contributed by atoms with Crippen LogP contribution in [0.1, 0.15) is 85.0 Å². The van der Waals surface area contributed by atoms with E-state index in [1.165, 1.54) is 75.8 Å². The first-order chi connectivity index (χ1) is 26.9. The second-order valence-corrected chi connectivity index (χ2v) is 16.6. The maximum atomic E-state index is 6.58. The highest BCUT2D eigenvalue weighted by molar-refractivity contribution is 7.26. The van der Waals surface area contributed by atoms with Gasteiger partial charge in [0.15, 0.2) is 0 Å². The molecule has 270 valence electrons. The molecule has 0 fully saturated rings. The van der Waals surface area contributed by atoms with Crippen molar-refractivity contribution in [2.45, 2.75) is 64.2 Å². The number of hydrogen-bond donors (Lipinski definition) is 0. The molecule has 0 atom stereocenters. The smallest absolute Gasteiger partial charge is 0.131 e. The molecule has 0 aliphatic carbocycles. The van der Waals surface area contributed by atoms with Crippen LogP contribution < -0.4 is 9.47 Å². The standard InChI is InChI=1S/C52H44O2S/c1-5-7-18-34-29-35(51(3)41-21-10-14-25-45(41)53-46-26-15-11-22-42(46)51)30-39-40-32-36(31-38(50(40)55-49(34)39)37-20-9-8-19-33(37)6-2)52(4)43-23-12-16-27-47(43)54-48-28-17-13-24-44(48)52/h8-17,19-32H,5-7,18H2,1-4H3. The molecule has 2 nitrogen and oxygen atoms in total. The Labute approximate surface area is 328 Å². The number of fused-ring (bicyclic) bond motifs is 7. The summed E-state index contributed by atoms with van der Waals surface area (Å²) in [6, 6.07) is 53.5. The first kappa shape index (κ1) is 33.9. The Balaban J connectivity index is 1.33. The Morgan fingerprint density at radius 1 is 0.473 bits per heavy atom. The molecule has 0 unspecified atom stereocenters. The van der Waals surface area contributed by atoms with E-state index in [4.69, 9.17) is 9.47 Å². The van der Waals surface area contributed by atoms with Gasteiger partial charge in [-0.25, -0.2) is 0 Å². The van der Waals surface area contributed by atoms with Crippen LogP contribution in [0.5, 0.6) is 23.0 Å². The number of unbranched alkanes of at least 4 members (excludes halogenated alkanes) is 1. The highest BCUT2D eigenvalue weighted by Crippen LogP contribution is 2.56. The molecule has 0 bridgehead atoms. The molecular formula is C52H44O2S. The van der Waals surface area contributed by atoms with Gasteiger partial charge in [0.05, 0.1) is 0 Å². The molecule has 10 rings (SSSR count). The second kappa shape index (κ2) is 13.0. The van der Waals surface area contributed by atoms with Gasteiger partial charge in [0, 0.05) is 58.8 Å². The molecule has 0 N–H and O–H groups in total. The fourth-order valence-corrected chi connectivity index (χ4v) is 10.8. The van der Waals surface area contributed by atoms with E-state index in [9.17, 15) is 0 Å². The highest BCUT2D eigenvalue weighted by atomic mass is 32.1. The number of aryl methyl sites for hydroxylation is 2. The van der Waals surface area contributed by atoms with Crippen LogP contribution in [-0.4, -0.2) is 0 Å². The number of benzene rings is 7. The first-order valence-electron chi connectivity index (χ1n) is 19.8. The van der Waals surface area contributed by atoms with Gasteiger partial charge < -0.3 is 9.47 Å². The van der Waals surface area contributed by atoms with Crippen molar-refractivity contribution < 1.29 is 9.47 Å². The van der Waals surface area contributed by atoms with Crippen LogP contribution in [0, 0.1) is 0 Å². The predicted octanol–water partition coefficient (Wildman–Crippen LogP) is 14.5. The summed E-state index contributed by atoms with van der Waals surface area (Å²) in [7, 11) is 0. The van der Waals surface area contributed by atoms with Gasteiger partial charge in [-0.3, -0.25) is 0 Å². The third-order valence-electron chi connectivity index (χ3n) is 12.5. The van der Waals surface area contributed by atoms with E-state index in [1.54, 1.807) is 0 Å². The van der Waals surface area contributed by atoms with Crippen molar-refractivity contribution in [3.05, 3.63) is 190 Å². The van der Waals surface area contributed by atoms with Gasteiger partial charge in [-0.15, -0.1) is 11.3 Å². The zero-order chi connectivity index (χ0) is 37.3. The Morgan fingerprint density at radius 2 is 0.927 bits per heavy atom. The quantitative estimate of drug-likeness (QED) is 0.162. The topological polar surface area (TPSA) is 18.5 Å². The minimum absolute atomic E-state index is 0.408. The Bertz CT molecular complexity index is 2700. The minimum atomic E-state index is -0.447. The molecule has 3 heteroatoms. The molecule has 0 saturated heterocycles. The number of thiophene rings is 1. The molecule has 8 aromatic rings. The van der Waals surface area contributed by atoms with Gasteiger partial charge in [-0.2, -0.15) is 0 Å². The van der Waals surface area contributed by atoms with E-state index < -0.39 is 10.8 Å². The molecule has 2 aliphatic rings. The van der Waals surface area contributed by atoms with Crippen molar-refractivity contribution in [2.24, 2.45) is 0 Å². The zero-order valence-corrected chi connectivity index (χ0v) is 32.7. The van der Waals surface area contributed by atoms with Gasteiger partial charge in [0.25, 0.3) is 0 Å². The molecule has 0 radical (unpaired) electrons. The SMILES string of the molecule is CCCCc1cc(C2(C)c3ccccc3Oc3ccccc32)cc2c1sc1c(-c3ccccc3CC)cc(C3(C)c4ccccc4Oc4ccccc43)cc12. The summed E-state index contributed by atoms with van der Waals surface area (Å²) < 4.78 is 15.9. The maximum absolute atomic E-state index is 6.58.